The van der Waals surface area contributed by atoms with Gasteiger partial charge in [0.2, 0.25) is 10.0 Å². The lowest BCUT2D eigenvalue weighted by atomic mass is 9.94. The normalized spacial score (nSPS) is 16.2. The number of hydrogen-bond acceptors (Lipinski definition) is 3. The molecule has 1 aliphatic rings. The molecule has 1 fully saturated rings. The van der Waals surface area contributed by atoms with E-state index in [-0.39, 0.29) is 16.5 Å². The van der Waals surface area contributed by atoms with Crippen LogP contribution in [0, 0.1) is 12.7 Å². The predicted octanol–water partition coefficient (Wildman–Crippen LogP) is 2.42. The summed E-state index contributed by atoms with van der Waals surface area (Å²) in [5.41, 5.74) is 0.849. The standard InChI is InChI=1S/C15H23FN2O2S/c1-4-17-10-12-8-14(16)11(2)15(9-12)21(19,20)18(3)13-6-5-7-13/h8-9,13,17H,4-7,10H2,1-3H3. The van der Waals surface area contributed by atoms with Gasteiger partial charge >= 0.3 is 0 Å². The van der Waals surface area contributed by atoms with E-state index in [9.17, 15) is 12.8 Å². The van der Waals surface area contributed by atoms with Crippen molar-refractivity contribution < 1.29 is 12.8 Å². The average molecular weight is 314 g/mol. The Morgan fingerprint density at radius 1 is 1.38 bits per heavy atom. The van der Waals surface area contributed by atoms with Gasteiger partial charge in [-0.1, -0.05) is 13.3 Å². The Kier molecular flexibility index (Phi) is 5.01. The molecule has 118 valence electrons. The molecule has 0 radical (unpaired) electrons. The number of nitrogens with one attached hydrogen (secondary N) is 1. The summed E-state index contributed by atoms with van der Waals surface area (Å²) >= 11 is 0. The van der Waals surface area contributed by atoms with Gasteiger partial charge < -0.3 is 5.32 Å². The first-order valence-corrected chi connectivity index (χ1v) is 8.79. The minimum atomic E-state index is -3.63. The Hall–Kier alpha value is -0.980. The van der Waals surface area contributed by atoms with Crippen LogP contribution in [0.5, 0.6) is 0 Å². The fourth-order valence-corrected chi connectivity index (χ4v) is 4.15. The third kappa shape index (κ3) is 3.27. The second-order valence-corrected chi connectivity index (χ2v) is 7.55. The molecule has 1 aromatic carbocycles. The van der Waals surface area contributed by atoms with Gasteiger partial charge in [-0.25, -0.2) is 12.8 Å². The molecule has 0 amide bonds. The van der Waals surface area contributed by atoms with Crippen molar-refractivity contribution in [2.45, 2.75) is 50.6 Å². The molecular weight excluding hydrogens is 291 g/mol. The zero-order valence-electron chi connectivity index (χ0n) is 12.8. The predicted molar refractivity (Wildman–Crippen MR) is 81.1 cm³/mol. The van der Waals surface area contributed by atoms with Crippen molar-refractivity contribution in [3.8, 4) is 0 Å². The topological polar surface area (TPSA) is 49.4 Å². The molecule has 0 atom stereocenters. The van der Waals surface area contributed by atoms with Crippen LogP contribution in [0.3, 0.4) is 0 Å². The molecule has 2 rings (SSSR count). The number of rotatable bonds is 6. The lowest BCUT2D eigenvalue weighted by Crippen LogP contribution is -2.41. The summed E-state index contributed by atoms with van der Waals surface area (Å²) in [7, 11) is -2.04. The van der Waals surface area contributed by atoms with Crippen LogP contribution in [0.15, 0.2) is 17.0 Å². The van der Waals surface area contributed by atoms with Crippen molar-refractivity contribution >= 4 is 10.0 Å². The lowest BCUT2D eigenvalue weighted by Gasteiger charge is -2.34. The van der Waals surface area contributed by atoms with E-state index in [1.54, 1.807) is 13.1 Å². The van der Waals surface area contributed by atoms with Gasteiger partial charge in [-0.15, -0.1) is 0 Å². The van der Waals surface area contributed by atoms with Crippen LogP contribution in [-0.4, -0.2) is 32.4 Å². The second-order valence-electron chi connectivity index (χ2n) is 5.59. The van der Waals surface area contributed by atoms with E-state index >= 15 is 0 Å². The van der Waals surface area contributed by atoms with Gasteiger partial charge in [0.15, 0.2) is 0 Å². The van der Waals surface area contributed by atoms with Gasteiger partial charge in [-0.05, 0) is 44.0 Å². The Morgan fingerprint density at radius 3 is 2.57 bits per heavy atom. The summed E-state index contributed by atoms with van der Waals surface area (Å²) in [6, 6.07) is 3.04. The quantitative estimate of drug-likeness (QED) is 0.877. The van der Waals surface area contributed by atoms with E-state index in [1.807, 2.05) is 6.92 Å². The Labute approximate surface area is 126 Å². The highest BCUT2D eigenvalue weighted by Gasteiger charge is 2.33. The maximum absolute atomic E-state index is 14.0. The van der Waals surface area contributed by atoms with Crippen LogP contribution >= 0.6 is 0 Å². The molecule has 1 saturated carbocycles. The SMILES string of the molecule is CCNCc1cc(F)c(C)c(S(=O)(=O)N(C)C2CCC2)c1. The molecule has 1 N–H and O–H groups in total. The van der Waals surface area contributed by atoms with E-state index < -0.39 is 15.8 Å². The Balaban J connectivity index is 2.38. The van der Waals surface area contributed by atoms with Crippen molar-refractivity contribution in [2.24, 2.45) is 0 Å². The van der Waals surface area contributed by atoms with Gasteiger partial charge in [0.1, 0.15) is 5.82 Å². The van der Waals surface area contributed by atoms with Gasteiger partial charge in [0, 0.05) is 25.2 Å². The van der Waals surface area contributed by atoms with Crippen LogP contribution < -0.4 is 5.32 Å². The molecule has 1 aromatic rings. The molecule has 6 heteroatoms. The summed E-state index contributed by atoms with van der Waals surface area (Å²) in [6.45, 7) is 4.68. The zero-order valence-corrected chi connectivity index (χ0v) is 13.6. The fourth-order valence-electron chi connectivity index (χ4n) is 2.45. The number of benzene rings is 1. The molecule has 0 aromatic heterocycles. The van der Waals surface area contributed by atoms with Crippen molar-refractivity contribution in [3.63, 3.8) is 0 Å². The van der Waals surface area contributed by atoms with Crippen LogP contribution in [0.25, 0.3) is 0 Å². The van der Waals surface area contributed by atoms with Crippen LogP contribution in [0.1, 0.15) is 37.3 Å². The summed E-state index contributed by atoms with van der Waals surface area (Å²) in [5.74, 6) is -0.467. The second kappa shape index (κ2) is 6.42. The third-order valence-corrected chi connectivity index (χ3v) is 6.22. The number of hydrogen-bond donors (Lipinski definition) is 1. The highest BCUT2D eigenvalue weighted by Crippen LogP contribution is 2.30. The van der Waals surface area contributed by atoms with E-state index in [2.05, 4.69) is 5.32 Å². The highest BCUT2D eigenvalue weighted by molar-refractivity contribution is 7.89. The Morgan fingerprint density at radius 2 is 2.05 bits per heavy atom. The van der Waals surface area contributed by atoms with Crippen molar-refractivity contribution in [1.82, 2.24) is 9.62 Å². The average Bonchev–Trinajstić information content (AvgIpc) is 2.37. The largest absolute Gasteiger partial charge is 0.313 e. The molecule has 0 bridgehead atoms. The van der Waals surface area contributed by atoms with Gasteiger partial charge in [0.25, 0.3) is 0 Å². The van der Waals surface area contributed by atoms with Crippen LogP contribution in [0.4, 0.5) is 4.39 Å². The first-order valence-electron chi connectivity index (χ1n) is 7.35. The molecule has 4 nitrogen and oxygen atoms in total. The molecule has 0 spiro atoms. The van der Waals surface area contributed by atoms with Crippen molar-refractivity contribution in [2.75, 3.05) is 13.6 Å². The van der Waals surface area contributed by atoms with Crippen LogP contribution in [0.2, 0.25) is 0 Å². The highest BCUT2D eigenvalue weighted by atomic mass is 32.2. The monoisotopic (exact) mass is 314 g/mol. The molecule has 0 unspecified atom stereocenters. The molecule has 0 aliphatic heterocycles. The zero-order chi connectivity index (χ0) is 15.6. The van der Waals surface area contributed by atoms with Gasteiger partial charge in [-0.3, -0.25) is 0 Å². The number of sulfonamides is 1. The van der Waals surface area contributed by atoms with Gasteiger partial charge in [0.05, 0.1) is 4.90 Å². The minimum Gasteiger partial charge on any atom is -0.313 e. The van der Waals surface area contributed by atoms with Gasteiger partial charge in [-0.2, -0.15) is 4.31 Å². The summed E-state index contributed by atoms with van der Waals surface area (Å²) in [4.78, 5) is 0.0878. The number of halogens is 1. The van der Waals surface area contributed by atoms with E-state index in [0.717, 1.165) is 25.8 Å². The number of nitrogens with zero attached hydrogens (tertiary/aromatic N) is 1. The maximum atomic E-state index is 14.0. The summed E-state index contributed by atoms with van der Waals surface area (Å²) < 4.78 is 40.9. The van der Waals surface area contributed by atoms with Crippen molar-refractivity contribution in [1.29, 1.82) is 0 Å². The van der Waals surface area contributed by atoms with E-state index in [1.165, 1.54) is 17.3 Å². The first-order chi connectivity index (χ1) is 9.87. The van der Waals surface area contributed by atoms with Crippen molar-refractivity contribution in [3.05, 3.63) is 29.1 Å². The Bertz CT molecular complexity index is 612. The van der Waals surface area contributed by atoms with E-state index in [0.29, 0.717) is 12.1 Å². The first kappa shape index (κ1) is 16.4. The molecule has 1 aliphatic carbocycles. The lowest BCUT2D eigenvalue weighted by molar-refractivity contribution is 0.249. The maximum Gasteiger partial charge on any atom is 0.243 e. The summed E-state index contributed by atoms with van der Waals surface area (Å²) in [5, 5.41) is 3.09. The van der Waals surface area contributed by atoms with Crippen LogP contribution in [-0.2, 0) is 16.6 Å². The third-order valence-electron chi connectivity index (χ3n) is 4.18. The smallest absolute Gasteiger partial charge is 0.243 e. The minimum absolute atomic E-state index is 0.0508. The fraction of sp³-hybridized carbons (Fsp3) is 0.600. The molecular formula is C15H23FN2O2S. The summed E-state index contributed by atoms with van der Waals surface area (Å²) in [6.07, 6.45) is 2.82. The molecule has 0 saturated heterocycles. The van der Waals surface area contributed by atoms with E-state index in [4.69, 9.17) is 0 Å². The molecule has 21 heavy (non-hydrogen) atoms. The molecule has 0 heterocycles.